The SMILES string of the molecule is CC1=NC(C(O)c2cc(C(F)(F)F)cc(C(F)(F)F)c2)C(O)O1. The van der Waals surface area contributed by atoms with Crippen molar-refractivity contribution in [3.05, 3.63) is 34.9 Å². The van der Waals surface area contributed by atoms with Crippen molar-refractivity contribution in [2.24, 2.45) is 4.99 Å². The zero-order chi connectivity index (χ0) is 17.6. The molecule has 0 radical (unpaired) electrons. The number of halogens is 6. The van der Waals surface area contributed by atoms with Gasteiger partial charge in [-0.1, -0.05) is 0 Å². The third-order valence-electron chi connectivity index (χ3n) is 3.19. The predicted molar refractivity (Wildman–Crippen MR) is 65.4 cm³/mol. The Hall–Kier alpha value is -1.81. The van der Waals surface area contributed by atoms with Crippen LogP contribution in [0, 0.1) is 0 Å². The summed E-state index contributed by atoms with van der Waals surface area (Å²) in [6.45, 7) is 1.32. The normalized spacial score (nSPS) is 23.4. The molecule has 0 aromatic heterocycles. The number of nitrogens with zero attached hydrogens (tertiary/aromatic N) is 1. The molecule has 0 saturated carbocycles. The fraction of sp³-hybridized carbons (Fsp3) is 0.462. The Morgan fingerprint density at radius 1 is 1.04 bits per heavy atom. The molecule has 0 amide bonds. The molecule has 2 rings (SSSR count). The number of rotatable bonds is 2. The zero-order valence-electron chi connectivity index (χ0n) is 11.5. The van der Waals surface area contributed by atoms with Crippen LogP contribution >= 0.6 is 0 Å². The minimum atomic E-state index is -5.03. The first kappa shape index (κ1) is 17.5. The first-order valence-corrected chi connectivity index (χ1v) is 6.26. The number of ether oxygens (including phenoxy) is 1. The fourth-order valence-corrected chi connectivity index (χ4v) is 2.12. The lowest BCUT2D eigenvalue weighted by molar-refractivity contribution is -0.143. The summed E-state index contributed by atoms with van der Waals surface area (Å²) in [4.78, 5) is 3.66. The van der Waals surface area contributed by atoms with E-state index in [0.29, 0.717) is 12.1 Å². The largest absolute Gasteiger partial charge is 0.450 e. The van der Waals surface area contributed by atoms with Crippen molar-refractivity contribution in [3.8, 4) is 0 Å². The maximum Gasteiger partial charge on any atom is 0.416 e. The Balaban J connectivity index is 2.49. The Bertz CT molecular complexity index is 593. The number of aliphatic hydroxyl groups excluding tert-OH is 2. The van der Waals surface area contributed by atoms with Gasteiger partial charge in [0.15, 0.2) is 5.90 Å². The minimum absolute atomic E-state index is 0.0374. The Morgan fingerprint density at radius 2 is 1.52 bits per heavy atom. The van der Waals surface area contributed by atoms with Gasteiger partial charge in [0, 0.05) is 6.92 Å². The standard InChI is InChI=1S/C13H11F6NO3/c1-5-20-9(11(22)23-5)10(21)6-2-7(12(14,15)16)4-8(3-6)13(17,18)19/h2-4,9-11,21-22H,1H3. The molecule has 0 bridgehead atoms. The summed E-state index contributed by atoms with van der Waals surface area (Å²) in [6, 6.07) is -0.697. The van der Waals surface area contributed by atoms with Crippen LogP contribution in [0.4, 0.5) is 26.3 Å². The summed E-state index contributed by atoms with van der Waals surface area (Å²) < 4.78 is 81.3. The molecule has 128 valence electrons. The third-order valence-corrected chi connectivity index (χ3v) is 3.19. The molecule has 0 saturated heterocycles. The molecular formula is C13H11F6NO3. The number of alkyl halides is 6. The number of hydrogen-bond donors (Lipinski definition) is 2. The number of benzene rings is 1. The van der Waals surface area contributed by atoms with Gasteiger partial charge in [-0.25, -0.2) is 4.99 Å². The molecular weight excluding hydrogens is 332 g/mol. The van der Waals surface area contributed by atoms with Crippen LogP contribution in [0.3, 0.4) is 0 Å². The Labute approximate surface area is 126 Å². The molecule has 10 heteroatoms. The van der Waals surface area contributed by atoms with E-state index < -0.39 is 47.5 Å². The summed E-state index contributed by atoms with van der Waals surface area (Å²) in [7, 11) is 0. The number of aliphatic hydroxyl groups is 2. The summed E-state index contributed by atoms with van der Waals surface area (Å²) in [5.41, 5.74) is -3.79. The fourth-order valence-electron chi connectivity index (χ4n) is 2.12. The van der Waals surface area contributed by atoms with E-state index >= 15 is 0 Å². The van der Waals surface area contributed by atoms with Gasteiger partial charge in [0.25, 0.3) is 0 Å². The van der Waals surface area contributed by atoms with E-state index in [-0.39, 0.29) is 12.0 Å². The third kappa shape index (κ3) is 3.75. The monoisotopic (exact) mass is 343 g/mol. The van der Waals surface area contributed by atoms with Gasteiger partial charge in [-0.2, -0.15) is 26.3 Å². The van der Waals surface area contributed by atoms with E-state index in [1.807, 2.05) is 0 Å². The average molecular weight is 343 g/mol. The van der Waals surface area contributed by atoms with Crippen molar-refractivity contribution in [3.63, 3.8) is 0 Å². The lowest BCUT2D eigenvalue weighted by Crippen LogP contribution is -2.28. The van der Waals surface area contributed by atoms with Crippen LogP contribution in [0.2, 0.25) is 0 Å². The molecule has 1 aromatic rings. The molecule has 2 N–H and O–H groups in total. The Kier molecular flexibility index (Phi) is 4.33. The maximum absolute atomic E-state index is 12.8. The van der Waals surface area contributed by atoms with Gasteiger partial charge in [-0.3, -0.25) is 0 Å². The zero-order valence-corrected chi connectivity index (χ0v) is 11.5. The van der Waals surface area contributed by atoms with Crippen LogP contribution in [-0.2, 0) is 17.1 Å². The number of aliphatic imine (C=N–C) groups is 1. The van der Waals surface area contributed by atoms with E-state index in [1.54, 1.807) is 0 Å². The van der Waals surface area contributed by atoms with Crippen molar-refractivity contribution in [2.45, 2.75) is 37.7 Å². The van der Waals surface area contributed by atoms with Gasteiger partial charge in [0.1, 0.15) is 12.1 Å². The van der Waals surface area contributed by atoms with Crippen LogP contribution in [0.1, 0.15) is 29.7 Å². The molecule has 3 atom stereocenters. The summed E-state index contributed by atoms with van der Waals surface area (Å²) in [5.74, 6) is -0.0374. The number of hydrogen-bond acceptors (Lipinski definition) is 4. The lowest BCUT2D eigenvalue weighted by Gasteiger charge is -2.21. The molecule has 1 aliphatic heterocycles. The average Bonchev–Trinajstić information content (AvgIpc) is 2.74. The minimum Gasteiger partial charge on any atom is -0.450 e. The summed E-state index contributed by atoms with van der Waals surface area (Å²) in [6.07, 6.45) is -13.6. The van der Waals surface area contributed by atoms with E-state index in [9.17, 15) is 36.6 Å². The molecule has 4 nitrogen and oxygen atoms in total. The van der Waals surface area contributed by atoms with Gasteiger partial charge >= 0.3 is 12.4 Å². The Morgan fingerprint density at radius 3 is 1.87 bits per heavy atom. The first-order chi connectivity index (χ1) is 10.4. The van der Waals surface area contributed by atoms with E-state index in [1.165, 1.54) is 6.92 Å². The molecule has 0 aliphatic carbocycles. The molecule has 0 spiro atoms. The molecule has 3 unspecified atom stereocenters. The smallest absolute Gasteiger partial charge is 0.416 e. The van der Waals surface area contributed by atoms with Gasteiger partial charge < -0.3 is 14.9 Å². The van der Waals surface area contributed by atoms with Gasteiger partial charge in [0.05, 0.1) is 11.1 Å². The topological polar surface area (TPSA) is 62.1 Å². The van der Waals surface area contributed by atoms with E-state index in [2.05, 4.69) is 4.99 Å². The van der Waals surface area contributed by atoms with Crippen molar-refractivity contribution in [1.82, 2.24) is 0 Å². The predicted octanol–water partition coefficient (Wildman–Crippen LogP) is 2.89. The van der Waals surface area contributed by atoms with Gasteiger partial charge in [-0.05, 0) is 23.8 Å². The second kappa shape index (κ2) is 5.68. The summed E-state index contributed by atoms with van der Waals surface area (Å²) >= 11 is 0. The quantitative estimate of drug-likeness (QED) is 0.812. The van der Waals surface area contributed by atoms with Crippen molar-refractivity contribution < 1.29 is 41.3 Å². The highest BCUT2D eigenvalue weighted by molar-refractivity contribution is 5.75. The van der Waals surface area contributed by atoms with Gasteiger partial charge in [-0.15, -0.1) is 0 Å². The highest BCUT2D eigenvalue weighted by Crippen LogP contribution is 2.38. The van der Waals surface area contributed by atoms with Crippen molar-refractivity contribution in [1.29, 1.82) is 0 Å². The molecule has 1 heterocycles. The van der Waals surface area contributed by atoms with Gasteiger partial charge in [0.2, 0.25) is 6.29 Å². The first-order valence-electron chi connectivity index (χ1n) is 6.26. The molecule has 1 aliphatic rings. The summed E-state index contributed by atoms with van der Waals surface area (Å²) in [5, 5.41) is 19.5. The second-order valence-corrected chi connectivity index (χ2v) is 4.93. The van der Waals surface area contributed by atoms with E-state index in [4.69, 9.17) is 4.74 Å². The van der Waals surface area contributed by atoms with Crippen LogP contribution < -0.4 is 0 Å². The van der Waals surface area contributed by atoms with Crippen LogP contribution in [0.25, 0.3) is 0 Å². The lowest BCUT2D eigenvalue weighted by atomic mass is 9.97. The highest BCUT2D eigenvalue weighted by Gasteiger charge is 2.40. The van der Waals surface area contributed by atoms with Crippen LogP contribution in [0.5, 0.6) is 0 Å². The molecule has 0 fully saturated rings. The second-order valence-electron chi connectivity index (χ2n) is 4.93. The molecule has 23 heavy (non-hydrogen) atoms. The van der Waals surface area contributed by atoms with Crippen LogP contribution in [-0.4, -0.2) is 28.4 Å². The highest BCUT2D eigenvalue weighted by atomic mass is 19.4. The van der Waals surface area contributed by atoms with E-state index in [0.717, 1.165) is 0 Å². The van der Waals surface area contributed by atoms with Crippen molar-refractivity contribution >= 4 is 5.90 Å². The van der Waals surface area contributed by atoms with Crippen LogP contribution in [0.15, 0.2) is 23.2 Å². The maximum atomic E-state index is 12.8. The van der Waals surface area contributed by atoms with Crippen molar-refractivity contribution in [2.75, 3.05) is 0 Å². The molecule has 1 aromatic carbocycles.